The molecule has 7 nitrogen and oxygen atoms in total. The molecule has 5 rings (SSSR count). The van der Waals surface area contributed by atoms with E-state index in [1.54, 1.807) is 51.8 Å². The third-order valence-electron chi connectivity index (χ3n) is 6.41. The molecule has 0 saturated carbocycles. The van der Waals surface area contributed by atoms with Gasteiger partial charge >= 0.3 is 0 Å². The summed E-state index contributed by atoms with van der Waals surface area (Å²) in [4.78, 5) is 32.7. The van der Waals surface area contributed by atoms with Crippen LogP contribution in [0.1, 0.15) is 41.6 Å². The fourth-order valence-corrected chi connectivity index (χ4v) is 5.10. The smallest absolute Gasteiger partial charge is 0.275 e. The second-order valence-electron chi connectivity index (χ2n) is 8.66. The Morgan fingerprint density at radius 3 is 2.67 bits per heavy atom. The van der Waals surface area contributed by atoms with Crippen LogP contribution in [0.4, 0.5) is 4.39 Å². The van der Waals surface area contributed by atoms with Gasteiger partial charge in [0, 0.05) is 48.0 Å². The van der Waals surface area contributed by atoms with Gasteiger partial charge in [0.25, 0.3) is 11.5 Å². The van der Waals surface area contributed by atoms with Gasteiger partial charge in [0.05, 0.1) is 23.6 Å². The summed E-state index contributed by atoms with van der Waals surface area (Å²) in [6, 6.07) is 5.74. The minimum Gasteiger partial charge on any atom is -0.348 e. The molecule has 170 valence electrons. The van der Waals surface area contributed by atoms with Gasteiger partial charge in [0.2, 0.25) is 0 Å². The number of carbonyl (C=O) groups is 1. The highest BCUT2D eigenvalue weighted by Gasteiger charge is 2.36. The standard InChI is InChI=1S/C24H23ClFN5O2/c1-13-9-29(12-27-13)20-5-6-21-24(33)31(14(2)10-30(21)23(20)32)15(3)18-11-28(4)22-17(18)7-16(25)8-19(22)26/h5-9,11-12,14-15H,10H2,1-4H3. The molecule has 4 aromatic rings. The number of fused-ring (bicyclic) bond motifs is 2. The normalized spacial score (nSPS) is 17.0. The second kappa shape index (κ2) is 7.59. The molecular formula is C24H23ClFN5O2. The Balaban J connectivity index is 1.58. The summed E-state index contributed by atoms with van der Waals surface area (Å²) >= 11 is 6.13. The lowest BCUT2D eigenvalue weighted by Gasteiger charge is -2.39. The predicted octanol–water partition coefficient (Wildman–Crippen LogP) is 4.23. The lowest BCUT2D eigenvalue weighted by Crippen LogP contribution is -2.50. The third-order valence-corrected chi connectivity index (χ3v) is 6.63. The van der Waals surface area contributed by atoms with Crippen molar-refractivity contribution in [1.29, 1.82) is 0 Å². The van der Waals surface area contributed by atoms with E-state index in [1.165, 1.54) is 10.6 Å². The van der Waals surface area contributed by atoms with E-state index in [1.807, 2.05) is 27.0 Å². The molecule has 0 bridgehead atoms. The molecule has 33 heavy (non-hydrogen) atoms. The van der Waals surface area contributed by atoms with Gasteiger partial charge in [-0.1, -0.05) is 11.6 Å². The van der Waals surface area contributed by atoms with Gasteiger partial charge < -0.3 is 18.6 Å². The number of pyridine rings is 1. The molecule has 0 N–H and O–H groups in total. The molecule has 0 spiro atoms. The topological polar surface area (TPSA) is 65.1 Å². The van der Waals surface area contributed by atoms with E-state index in [9.17, 15) is 14.0 Å². The molecule has 0 fully saturated rings. The maximum Gasteiger partial charge on any atom is 0.275 e. The van der Waals surface area contributed by atoms with E-state index in [4.69, 9.17) is 11.6 Å². The SMILES string of the molecule is Cc1cn(-c2ccc3n(c2=O)CC(C)N(C(C)c2cn(C)c4c(F)cc(Cl)cc24)C3=O)cn1. The lowest BCUT2D eigenvalue weighted by molar-refractivity contribution is 0.0512. The molecule has 0 aliphatic carbocycles. The van der Waals surface area contributed by atoms with Crippen molar-refractivity contribution >= 4 is 28.4 Å². The summed E-state index contributed by atoms with van der Waals surface area (Å²) in [5.41, 5.74) is 2.57. The van der Waals surface area contributed by atoms with Crippen LogP contribution >= 0.6 is 11.6 Å². The Kier molecular flexibility index (Phi) is 4.93. The largest absolute Gasteiger partial charge is 0.348 e. The highest BCUT2D eigenvalue weighted by Crippen LogP contribution is 2.35. The molecule has 2 atom stereocenters. The quantitative estimate of drug-likeness (QED) is 0.453. The average Bonchev–Trinajstić information content (AvgIpc) is 3.32. The van der Waals surface area contributed by atoms with Crippen LogP contribution in [0.25, 0.3) is 16.6 Å². The molecule has 0 saturated heterocycles. The fraction of sp³-hybridized carbons (Fsp3) is 0.292. The first kappa shape index (κ1) is 21.5. The minimum atomic E-state index is -0.407. The Hall–Kier alpha value is -3.39. The summed E-state index contributed by atoms with van der Waals surface area (Å²) in [5, 5.41) is 0.973. The summed E-state index contributed by atoms with van der Waals surface area (Å²) in [6.07, 6.45) is 5.20. The zero-order valence-electron chi connectivity index (χ0n) is 18.7. The van der Waals surface area contributed by atoms with Gasteiger partial charge in [-0.05, 0) is 45.0 Å². The molecule has 1 amide bonds. The van der Waals surface area contributed by atoms with Crippen LogP contribution in [0.2, 0.25) is 5.02 Å². The zero-order chi connectivity index (χ0) is 23.6. The van der Waals surface area contributed by atoms with Crippen LogP contribution in [-0.2, 0) is 13.6 Å². The Morgan fingerprint density at radius 1 is 1.21 bits per heavy atom. The molecule has 3 aromatic heterocycles. The van der Waals surface area contributed by atoms with Gasteiger partial charge in [0.15, 0.2) is 0 Å². The first-order valence-corrected chi connectivity index (χ1v) is 11.1. The average molecular weight is 468 g/mol. The molecule has 0 radical (unpaired) electrons. The van der Waals surface area contributed by atoms with Crippen LogP contribution in [0.5, 0.6) is 0 Å². The van der Waals surface area contributed by atoms with Crippen molar-refractivity contribution < 1.29 is 9.18 Å². The van der Waals surface area contributed by atoms with Crippen LogP contribution in [0, 0.1) is 12.7 Å². The maximum absolute atomic E-state index is 14.6. The van der Waals surface area contributed by atoms with Gasteiger partial charge in [0.1, 0.15) is 17.2 Å². The Labute approximate surface area is 194 Å². The molecular weight excluding hydrogens is 445 g/mol. The highest BCUT2D eigenvalue weighted by atomic mass is 35.5. The minimum absolute atomic E-state index is 0.239. The van der Waals surface area contributed by atoms with Crippen molar-refractivity contribution in [2.24, 2.45) is 7.05 Å². The lowest BCUT2D eigenvalue weighted by atomic mass is 10.0. The van der Waals surface area contributed by atoms with Crippen molar-refractivity contribution in [3.8, 4) is 5.69 Å². The van der Waals surface area contributed by atoms with Gasteiger partial charge in [-0.2, -0.15) is 0 Å². The van der Waals surface area contributed by atoms with Gasteiger partial charge in [-0.25, -0.2) is 9.37 Å². The number of hydrogen-bond donors (Lipinski definition) is 0. The van der Waals surface area contributed by atoms with E-state index < -0.39 is 5.82 Å². The summed E-state index contributed by atoms with van der Waals surface area (Å²) < 4.78 is 19.5. The number of aromatic nitrogens is 4. The van der Waals surface area contributed by atoms with Crippen LogP contribution in [-0.4, -0.2) is 35.5 Å². The maximum atomic E-state index is 14.6. The van der Waals surface area contributed by atoms with Crippen molar-refractivity contribution in [3.63, 3.8) is 0 Å². The van der Waals surface area contributed by atoms with Crippen LogP contribution in [0.3, 0.4) is 0 Å². The molecule has 1 aliphatic heterocycles. The first-order valence-electron chi connectivity index (χ1n) is 10.7. The van der Waals surface area contributed by atoms with Crippen LogP contribution in [0.15, 0.2) is 47.8 Å². The van der Waals surface area contributed by atoms with Crippen molar-refractivity contribution in [3.05, 3.63) is 81.1 Å². The molecule has 2 unspecified atom stereocenters. The van der Waals surface area contributed by atoms with Gasteiger partial charge in [-0.3, -0.25) is 9.59 Å². The van der Waals surface area contributed by atoms with Crippen LogP contribution < -0.4 is 5.56 Å². The predicted molar refractivity (Wildman–Crippen MR) is 124 cm³/mol. The number of carbonyl (C=O) groups excluding carboxylic acids is 1. The molecule has 1 aliphatic rings. The van der Waals surface area contributed by atoms with Crippen molar-refractivity contribution in [2.45, 2.75) is 39.4 Å². The fourth-order valence-electron chi connectivity index (χ4n) is 4.90. The zero-order valence-corrected chi connectivity index (χ0v) is 19.5. The monoisotopic (exact) mass is 467 g/mol. The van der Waals surface area contributed by atoms with Crippen molar-refractivity contribution in [1.82, 2.24) is 23.6 Å². The van der Waals surface area contributed by atoms with E-state index >= 15 is 0 Å². The van der Waals surface area contributed by atoms with E-state index in [2.05, 4.69) is 4.98 Å². The number of benzene rings is 1. The van der Waals surface area contributed by atoms with E-state index in [0.717, 1.165) is 11.3 Å². The van der Waals surface area contributed by atoms with Crippen molar-refractivity contribution in [2.75, 3.05) is 0 Å². The molecule has 9 heteroatoms. The number of amides is 1. The number of rotatable bonds is 3. The number of nitrogens with zero attached hydrogens (tertiary/aromatic N) is 5. The van der Waals surface area contributed by atoms with E-state index in [0.29, 0.717) is 33.9 Å². The summed E-state index contributed by atoms with van der Waals surface area (Å²) in [6.45, 7) is 6.03. The number of imidazole rings is 1. The molecule has 1 aromatic carbocycles. The number of aryl methyl sites for hydroxylation is 2. The Morgan fingerprint density at radius 2 is 1.97 bits per heavy atom. The van der Waals surface area contributed by atoms with Gasteiger partial charge in [-0.15, -0.1) is 0 Å². The van der Waals surface area contributed by atoms with E-state index in [-0.39, 0.29) is 23.6 Å². The first-order chi connectivity index (χ1) is 15.7. The Bertz CT molecular complexity index is 1480. The second-order valence-corrected chi connectivity index (χ2v) is 9.09. The molecule has 4 heterocycles. The number of hydrogen-bond acceptors (Lipinski definition) is 3. The third kappa shape index (κ3) is 3.28. The summed E-state index contributed by atoms with van der Waals surface area (Å²) in [7, 11) is 1.77. The summed E-state index contributed by atoms with van der Waals surface area (Å²) in [5.74, 6) is -0.651. The number of halogens is 2. The highest BCUT2D eigenvalue weighted by molar-refractivity contribution is 6.31.